The van der Waals surface area contributed by atoms with E-state index in [1.54, 1.807) is 0 Å². The first-order valence-corrected chi connectivity index (χ1v) is 6.01. The largest absolute Gasteiger partial charge is 0.379 e. The average molecular weight is 245 g/mol. The van der Waals surface area contributed by atoms with Gasteiger partial charge < -0.3 is 14.2 Å². The van der Waals surface area contributed by atoms with E-state index in [1.165, 1.54) is 0 Å². The van der Waals surface area contributed by atoms with Gasteiger partial charge in [-0.15, -0.1) is 0 Å². The number of ether oxygens (including phenoxy) is 3. The monoisotopic (exact) mass is 245 g/mol. The van der Waals surface area contributed by atoms with Crippen molar-refractivity contribution < 1.29 is 14.2 Å². The summed E-state index contributed by atoms with van der Waals surface area (Å²) < 4.78 is 15.8. The smallest absolute Gasteiger partial charge is 0.0701 e. The molecule has 0 amide bonds. The van der Waals surface area contributed by atoms with Crippen LogP contribution in [-0.4, -0.2) is 46.2 Å². The van der Waals surface area contributed by atoms with Crippen LogP contribution in [0.2, 0.25) is 0 Å². The predicted molar refractivity (Wildman–Crippen MR) is 65.9 cm³/mol. The van der Waals surface area contributed by atoms with Crippen LogP contribution in [0.15, 0.2) is 5.11 Å². The van der Waals surface area contributed by atoms with Gasteiger partial charge in [-0.1, -0.05) is 19.0 Å². The molecule has 0 rings (SSSR count). The lowest BCUT2D eigenvalue weighted by Gasteiger charge is -2.07. The van der Waals surface area contributed by atoms with E-state index in [0.717, 1.165) is 13.0 Å². The molecule has 0 aromatic carbocycles. The summed E-state index contributed by atoms with van der Waals surface area (Å²) >= 11 is 0. The molecule has 0 aliphatic rings. The molecule has 0 heterocycles. The van der Waals surface area contributed by atoms with Crippen molar-refractivity contribution >= 4 is 0 Å². The highest BCUT2D eigenvalue weighted by Gasteiger charge is 1.94. The molecule has 100 valence electrons. The first-order chi connectivity index (χ1) is 8.27. The molecular weight excluding hydrogens is 222 g/mol. The summed E-state index contributed by atoms with van der Waals surface area (Å²) in [5, 5.41) is 3.35. The molecule has 0 N–H and O–H groups in total. The molecule has 0 atom stereocenters. The van der Waals surface area contributed by atoms with Crippen LogP contribution in [-0.2, 0) is 14.2 Å². The fourth-order valence-corrected chi connectivity index (χ4v) is 1.01. The third-order valence-corrected chi connectivity index (χ3v) is 1.98. The second-order valence-corrected chi connectivity index (χ2v) is 3.97. The number of hydrogen-bond donors (Lipinski definition) is 0. The van der Waals surface area contributed by atoms with Gasteiger partial charge >= 0.3 is 0 Å². The molecule has 0 aromatic rings. The minimum Gasteiger partial charge on any atom is -0.379 e. The summed E-state index contributed by atoms with van der Waals surface area (Å²) in [6.45, 7) is 8.25. The Labute approximate surface area is 103 Å². The van der Waals surface area contributed by atoms with Crippen LogP contribution >= 0.6 is 0 Å². The van der Waals surface area contributed by atoms with Crippen LogP contribution in [0.5, 0.6) is 0 Å². The van der Waals surface area contributed by atoms with Crippen LogP contribution in [0, 0.1) is 5.92 Å². The summed E-state index contributed by atoms with van der Waals surface area (Å²) in [6, 6.07) is 0. The Hall–Kier alpha value is -0.810. The fourth-order valence-electron chi connectivity index (χ4n) is 1.01. The number of rotatable bonds is 12. The summed E-state index contributed by atoms with van der Waals surface area (Å²) in [5.41, 5.74) is 8.01. The van der Waals surface area contributed by atoms with Crippen LogP contribution in [0.1, 0.15) is 20.3 Å². The molecule has 6 heteroatoms. The third-order valence-electron chi connectivity index (χ3n) is 1.98. The Balaban J connectivity index is 2.96. The fraction of sp³-hybridized carbons (Fsp3) is 1.00. The molecule has 0 fully saturated rings. The summed E-state index contributed by atoms with van der Waals surface area (Å²) in [4.78, 5) is 2.62. The van der Waals surface area contributed by atoms with E-state index >= 15 is 0 Å². The normalized spacial score (nSPS) is 10.5. The topological polar surface area (TPSA) is 76.5 Å². The van der Waals surface area contributed by atoms with Crippen LogP contribution in [0.25, 0.3) is 10.4 Å². The lowest BCUT2D eigenvalue weighted by Crippen LogP contribution is -2.11. The number of hydrogen-bond acceptors (Lipinski definition) is 4. The molecular formula is C11H23N3O3. The maximum atomic E-state index is 8.01. The first kappa shape index (κ1) is 16.2. The molecule has 0 bridgehead atoms. The van der Waals surface area contributed by atoms with Crippen molar-refractivity contribution in [1.82, 2.24) is 0 Å². The van der Waals surface area contributed by atoms with Crippen molar-refractivity contribution in [3.63, 3.8) is 0 Å². The molecule has 0 spiro atoms. The van der Waals surface area contributed by atoms with Gasteiger partial charge in [-0.2, -0.15) is 0 Å². The zero-order chi connectivity index (χ0) is 12.8. The van der Waals surface area contributed by atoms with Crippen molar-refractivity contribution in [2.45, 2.75) is 20.3 Å². The molecule has 0 saturated carbocycles. The second-order valence-electron chi connectivity index (χ2n) is 3.97. The van der Waals surface area contributed by atoms with Crippen molar-refractivity contribution in [3.05, 3.63) is 10.4 Å². The van der Waals surface area contributed by atoms with Crippen LogP contribution in [0.3, 0.4) is 0 Å². The maximum absolute atomic E-state index is 8.01. The van der Waals surface area contributed by atoms with Crippen molar-refractivity contribution in [2.75, 3.05) is 46.2 Å². The lowest BCUT2D eigenvalue weighted by atomic mass is 10.1. The van der Waals surface area contributed by atoms with E-state index in [1.807, 2.05) is 0 Å². The second kappa shape index (κ2) is 13.3. The minimum absolute atomic E-state index is 0.370. The molecule has 0 aromatic heterocycles. The van der Waals surface area contributed by atoms with E-state index in [0.29, 0.717) is 45.5 Å². The van der Waals surface area contributed by atoms with E-state index in [2.05, 4.69) is 23.9 Å². The third kappa shape index (κ3) is 15.2. The summed E-state index contributed by atoms with van der Waals surface area (Å²) in [5.74, 6) is 0.681. The van der Waals surface area contributed by atoms with Gasteiger partial charge in [0.15, 0.2) is 0 Å². The molecule has 0 saturated heterocycles. The van der Waals surface area contributed by atoms with Gasteiger partial charge in [0.2, 0.25) is 0 Å². The van der Waals surface area contributed by atoms with Gasteiger partial charge in [0, 0.05) is 18.1 Å². The zero-order valence-electron chi connectivity index (χ0n) is 10.8. The standard InChI is InChI=1S/C11H23N3O3/c1-11(2)3-5-15-7-9-17-10-8-16-6-4-13-14-12/h11H,3-10H2,1-2H3. The predicted octanol–water partition coefficient (Wildman–Crippen LogP) is 2.39. The molecule has 6 nitrogen and oxygen atoms in total. The first-order valence-electron chi connectivity index (χ1n) is 6.01. The van der Waals surface area contributed by atoms with Crippen molar-refractivity contribution in [2.24, 2.45) is 11.0 Å². The zero-order valence-corrected chi connectivity index (χ0v) is 10.8. The minimum atomic E-state index is 0.370. The Morgan fingerprint density at radius 3 is 2.00 bits per heavy atom. The summed E-state index contributed by atoms with van der Waals surface area (Å²) in [7, 11) is 0. The van der Waals surface area contributed by atoms with Crippen molar-refractivity contribution in [1.29, 1.82) is 0 Å². The van der Waals surface area contributed by atoms with E-state index < -0.39 is 0 Å². The van der Waals surface area contributed by atoms with E-state index in [4.69, 9.17) is 19.7 Å². The number of azide groups is 1. The molecule has 0 aliphatic heterocycles. The van der Waals surface area contributed by atoms with Gasteiger partial charge in [0.25, 0.3) is 0 Å². The highest BCUT2D eigenvalue weighted by Crippen LogP contribution is 1.98. The highest BCUT2D eigenvalue weighted by molar-refractivity contribution is 4.44. The van der Waals surface area contributed by atoms with Crippen molar-refractivity contribution in [3.8, 4) is 0 Å². The number of nitrogens with zero attached hydrogens (tertiary/aromatic N) is 3. The maximum Gasteiger partial charge on any atom is 0.0701 e. The lowest BCUT2D eigenvalue weighted by molar-refractivity contribution is 0.0142. The van der Waals surface area contributed by atoms with E-state index in [-0.39, 0.29) is 0 Å². The Kier molecular flexibility index (Phi) is 12.6. The van der Waals surface area contributed by atoms with Gasteiger partial charge in [0.1, 0.15) is 0 Å². The molecule has 0 radical (unpaired) electrons. The molecule has 0 unspecified atom stereocenters. The Bertz CT molecular complexity index is 206. The van der Waals surface area contributed by atoms with Gasteiger partial charge in [-0.05, 0) is 17.9 Å². The SMILES string of the molecule is CC(C)CCOCCOCCOCCN=[N+]=[N-]. The highest BCUT2D eigenvalue weighted by atomic mass is 16.5. The van der Waals surface area contributed by atoms with E-state index in [9.17, 15) is 0 Å². The molecule has 17 heavy (non-hydrogen) atoms. The Morgan fingerprint density at radius 1 is 0.941 bits per heavy atom. The van der Waals surface area contributed by atoms with Crippen LogP contribution < -0.4 is 0 Å². The molecule has 0 aliphatic carbocycles. The summed E-state index contributed by atoms with van der Waals surface area (Å²) in [6.07, 6.45) is 1.09. The van der Waals surface area contributed by atoms with Gasteiger partial charge in [-0.25, -0.2) is 0 Å². The quantitative estimate of drug-likeness (QED) is 0.229. The van der Waals surface area contributed by atoms with Crippen LogP contribution in [0.4, 0.5) is 0 Å². The average Bonchev–Trinajstić information content (AvgIpc) is 2.30. The van der Waals surface area contributed by atoms with Gasteiger partial charge in [0.05, 0.1) is 33.0 Å². The van der Waals surface area contributed by atoms with Gasteiger partial charge in [-0.3, -0.25) is 0 Å². The Morgan fingerprint density at radius 2 is 1.47 bits per heavy atom.